The number of hydrogen-bond acceptors (Lipinski definition) is 4. The van der Waals surface area contributed by atoms with E-state index in [9.17, 15) is 14.4 Å². The Labute approximate surface area is 116 Å². The van der Waals surface area contributed by atoms with Crippen LogP contribution < -0.4 is 11.1 Å². The summed E-state index contributed by atoms with van der Waals surface area (Å²) in [5.74, 6) is -2.17. The van der Waals surface area contributed by atoms with Crippen LogP contribution in [0.2, 0.25) is 0 Å². The van der Waals surface area contributed by atoms with Crippen LogP contribution in [0.15, 0.2) is 30.3 Å². The number of aliphatic carboxylic acids is 1. The van der Waals surface area contributed by atoms with Gasteiger partial charge in [0.05, 0.1) is 6.42 Å². The van der Waals surface area contributed by atoms with Crippen molar-refractivity contribution in [2.75, 3.05) is 0 Å². The van der Waals surface area contributed by atoms with Crippen molar-refractivity contribution in [2.24, 2.45) is 5.73 Å². The molecule has 0 saturated carbocycles. The van der Waals surface area contributed by atoms with E-state index in [1.165, 1.54) is 0 Å². The van der Waals surface area contributed by atoms with Crippen molar-refractivity contribution in [1.29, 1.82) is 0 Å². The molecule has 0 bridgehead atoms. The molecular weight excluding hydrogens is 264 g/mol. The van der Waals surface area contributed by atoms with Gasteiger partial charge in [0.15, 0.2) is 0 Å². The first-order chi connectivity index (χ1) is 8.99. The number of amides is 2. The van der Waals surface area contributed by atoms with Gasteiger partial charge in [-0.15, -0.1) is 0 Å². The van der Waals surface area contributed by atoms with E-state index in [-0.39, 0.29) is 14.0 Å². The Balaban J connectivity index is 0.00000361. The van der Waals surface area contributed by atoms with Gasteiger partial charge in [-0.2, -0.15) is 0 Å². The monoisotopic (exact) mass is 282 g/mol. The first-order valence-corrected chi connectivity index (χ1v) is 5.47. The van der Waals surface area contributed by atoms with Crippen LogP contribution in [-0.2, 0) is 20.9 Å². The van der Waals surface area contributed by atoms with Crippen molar-refractivity contribution in [3.8, 4) is 0 Å². The van der Waals surface area contributed by atoms with Gasteiger partial charge in [0.25, 0.3) is 0 Å². The van der Waals surface area contributed by atoms with Crippen molar-refractivity contribution < 1.29 is 24.2 Å². The van der Waals surface area contributed by atoms with Gasteiger partial charge in [0, 0.05) is 0 Å². The van der Waals surface area contributed by atoms with Crippen molar-refractivity contribution in [2.45, 2.75) is 26.5 Å². The van der Waals surface area contributed by atoms with Crippen molar-refractivity contribution in [3.05, 3.63) is 35.9 Å². The Bertz CT molecular complexity index is 461. The molecule has 7 nitrogen and oxygen atoms in total. The highest BCUT2D eigenvalue weighted by Crippen LogP contribution is 2.01. The number of rotatable bonds is 6. The van der Waals surface area contributed by atoms with Crippen LogP contribution in [0.5, 0.6) is 0 Å². The van der Waals surface area contributed by atoms with Crippen LogP contribution in [0.1, 0.15) is 19.4 Å². The number of alkyl carbamates (subject to hydrolysis) is 1. The molecule has 1 rings (SSSR count). The summed E-state index contributed by atoms with van der Waals surface area (Å²) in [6, 6.07) is 7.50. The van der Waals surface area contributed by atoms with Gasteiger partial charge < -0.3 is 20.9 Å². The van der Waals surface area contributed by atoms with Crippen LogP contribution in [0.25, 0.3) is 0 Å². The molecule has 1 aromatic carbocycles. The number of carbonyl (C=O) groups excluding carboxylic acids is 2. The standard InChI is InChI=1S/C12H14N2O5.CH4/c13-10(15)6-9(11(16)17)14-12(18)19-7-8-4-2-1-3-5-8;/h1-5,9H,6-7H2,(H2,13,15)(H,14,18)(H,16,17);1H4/t9-;/m0./s1. The normalized spacial score (nSPS) is 10.8. The number of benzene rings is 1. The minimum atomic E-state index is -1.39. The third kappa shape index (κ3) is 6.39. The van der Waals surface area contributed by atoms with Gasteiger partial charge in [-0.25, -0.2) is 9.59 Å². The molecule has 1 atom stereocenters. The maximum Gasteiger partial charge on any atom is 0.408 e. The van der Waals surface area contributed by atoms with Gasteiger partial charge >= 0.3 is 12.1 Å². The van der Waals surface area contributed by atoms with E-state index in [1.807, 2.05) is 6.07 Å². The Morgan fingerprint density at radius 3 is 2.35 bits per heavy atom. The fourth-order valence-electron chi connectivity index (χ4n) is 1.31. The largest absolute Gasteiger partial charge is 0.480 e. The van der Waals surface area contributed by atoms with E-state index in [1.54, 1.807) is 24.3 Å². The van der Waals surface area contributed by atoms with Gasteiger partial charge in [-0.05, 0) is 5.56 Å². The molecule has 2 amide bonds. The minimum Gasteiger partial charge on any atom is -0.480 e. The highest BCUT2D eigenvalue weighted by Gasteiger charge is 2.22. The Morgan fingerprint density at radius 1 is 1.25 bits per heavy atom. The molecule has 1 aromatic rings. The maximum atomic E-state index is 11.4. The first-order valence-electron chi connectivity index (χ1n) is 5.47. The summed E-state index contributed by atoms with van der Waals surface area (Å²) in [6.45, 7) is 0.00951. The molecule has 0 aliphatic carbocycles. The molecule has 0 saturated heterocycles. The average Bonchev–Trinajstić information content (AvgIpc) is 2.36. The highest BCUT2D eigenvalue weighted by atomic mass is 16.5. The lowest BCUT2D eigenvalue weighted by Gasteiger charge is -2.12. The van der Waals surface area contributed by atoms with Gasteiger partial charge in [-0.1, -0.05) is 37.8 Å². The fourth-order valence-corrected chi connectivity index (χ4v) is 1.31. The molecule has 0 aliphatic heterocycles. The minimum absolute atomic E-state index is 0. The summed E-state index contributed by atoms with van der Waals surface area (Å²) in [7, 11) is 0. The topological polar surface area (TPSA) is 119 Å². The van der Waals surface area contributed by atoms with Crippen molar-refractivity contribution in [3.63, 3.8) is 0 Å². The zero-order valence-corrected chi connectivity index (χ0v) is 10.0. The van der Waals surface area contributed by atoms with Crippen LogP contribution in [0, 0.1) is 0 Å². The smallest absolute Gasteiger partial charge is 0.408 e. The predicted molar refractivity (Wildman–Crippen MR) is 71.7 cm³/mol. The zero-order chi connectivity index (χ0) is 14.3. The number of nitrogens with one attached hydrogen (secondary N) is 1. The Morgan fingerprint density at radius 2 is 1.85 bits per heavy atom. The molecule has 110 valence electrons. The predicted octanol–water partition coefficient (Wildman–Crippen LogP) is 0.877. The van der Waals surface area contributed by atoms with Gasteiger partial charge in [0.1, 0.15) is 12.6 Å². The summed E-state index contributed by atoms with van der Waals surface area (Å²) in [4.78, 5) is 32.8. The average molecular weight is 282 g/mol. The molecule has 0 fully saturated rings. The second kappa shape index (κ2) is 8.52. The molecule has 4 N–H and O–H groups in total. The highest BCUT2D eigenvalue weighted by molar-refractivity contribution is 5.86. The first kappa shape index (κ1) is 17.4. The SMILES string of the molecule is C.NC(=O)C[C@H](NC(=O)OCc1ccccc1)C(=O)O. The lowest BCUT2D eigenvalue weighted by molar-refractivity contribution is -0.141. The molecule has 0 aromatic heterocycles. The van der Waals surface area contributed by atoms with E-state index in [4.69, 9.17) is 15.6 Å². The third-order valence-electron chi connectivity index (χ3n) is 2.21. The van der Waals surface area contributed by atoms with Crippen LogP contribution >= 0.6 is 0 Å². The molecule has 0 aliphatic rings. The number of primary amides is 1. The van der Waals surface area contributed by atoms with Crippen molar-refractivity contribution >= 4 is 18.0 Å². The van der Waals surface area contributed by atoms with Crippen LogP contribution in [0.3, 0.4) is 0 Å². The molecule has 0 heterocycles. The zero-order valence-electron chi connectivity index (χ0n) is 10.0. The van der Waals surface area contributed by atoms with E-state index >= 15 is 0 Å². The fraction of sp³-hybridized carbons (Fsp3) is 0.308. The molecule has 20 heavy (non-hydrogen) atoms. The number of nitrogens with two attached hydrogens (primary N) is 1. The molecule has 0 unspecified atom stereocenters. The van der Waals surface area contributed by atoms with E-state index in [2.05, 4.69) is 5.32 Å². The van der Waals surface area contributed by atoms with E-state index in [0.29, 0.717) is 0 Å². The second-order valence-electron chi connectivity index (χ2n) is 3.77. The number of carboxylic acid groups (broad SMARTS) is 1. The molecule has 7 heteroatoms. The maximum absolute atomic E-state index is 11.4. The summed E-state index contributed by atoms with van der Waals surface area (Å²) in [5, 5.41) is 10.8. The molecule has 0 spiro atoms. The number of ether oxygens (including phenoxy) is 1. The number of hydrogen-bond donors (Lipinski definition) is 3. The Kier molecular flexibility index (Phi) is 7.42. The molecular formula is C13H18N2O5. The third-order valence-corrected chi connectivity index (χ3v) is 2.21. The summed E-state index contributed by atoms with van der Waals surface area (Å²) < 4.78 is 4.82. The summed E-state index contributed by atoms with van der Waals surface area (Å²) in [5.41, 5.74) is 5.64. The summed E-state index contributed by atoms with van der Waals surface area (Å²) >= 11 is 0. The lowest BCUT2D eigenvalue weighted by Crippen LogP contribution is -2.43. The Hall–Kier alpha value is -2.57. The lowest BCUT2D eigenvalue weighted by atomic mass is 10.2. The quantitative estimate of drug-likeness (QED) is 0.715. The second-order valence-corrected chi connectivity index (χ2v) is 3.77. The van der Waals surface area contributed by atoms with Crippen LogP contribution in [0.4, 0.5) is 4.79 Å². The van der Waals surface area contributed by atoms with Gasteiger partial charge in [0.2, 0.25) is 5.91 Å². The van der Waals surface area contributed by atoms with E-state index < -0.39 is 30.4 Å². The van der Waals surface area contributed by atoms with Crippen LogP contribution in [-0.4, -0.2) is 29.1 Å². The van der Waals surface area contributed by atoms with Gasteiger partial charge in [-0.3, -0.25) is 4.79 Å². The summed E-state index contributed by atoms with van der Waals surface area (Å²) in [6.07, 6.45) is -1.41. The van der Waals surface area contributed by atoms with E-state index in [0.717, 1.165) is 5.56 Å². The number of carboxylic acids is 1. The van der Waals surface area contributed by atoms with Crippen molar-refractivity contribution in [1.82, 2.24) is 5.32 Å². The molecule has 0 radical (unpaired) electrons. The number of carbonyl (C=O) groups is 3.